The van der Waals surface area contributed by atoms with Gasteiger partial charge in [-0.3, -0.25) is 14.9 Å². The molecule has 0 saturated carbocycles. The van der Waals surface area contributed by atoms with Gasteiger partial charge in [-0.25, -0.2) is 0 Å². The van der Waals surface area contributed by atoms with E-state index in [4.69, 9.17) is 5.11 Å². The lowest BCUT2D eigenvalue weighted by Crippen LogP contribution is -2.47. The van der Waals surface area contributed by atoms with E-state index in [2.05, 4.69) is 54.8 Å². The van der Waals surface area contributed by atoms with Crippen LogP contribution in [0.2, 0.25) is 0 Å². The van der Waals surface area contributed by atoms with Gasteiger partial charge in [0, 0.05) is 12.0 Å². The largest absolute Gasteiger partial charge is 0.480 e. The highest BCUT2D eigenvalue weighted by Crippen LogP contribution is 2.26. The summed E-state index contributed by atoms with van der Waals surface area (Å²) in [6.07, 6.45) is 1.04. The van der Waals surface area contributed by atoms with Crippen molar-refractivity contribution in [3.63, 3.8) is 0 Å². The number of aliphatic carboxylic acids is 1. The number of nitrogens with one attached hydrogen (secondary N) is 2. The molecule has 0 aliphatic carbocycles. The van der Waals surface area contributed by atoms with Gasteiger partial charge in [0.1, 0.15) is 6.04 Å². The lowest BCUT2D eigenvalue weighted by atomic mass is 9.83. The maximum absolute atomic E-state index is 12.3. The van der Waals surface area contributed by atoms with Crippen LogP contribution in [0.3, 0.4) is 0 Å². The van der Waals surface area contributed by atoms with Gasteiger partial charge in [-0.2, -0.15) is 0 Å². The molecule has 1 saturated heterocycles. The van der Waals surface area contributed by atoms with Crippen molar-refractivity contribution in [2.75, 3.05) is 6.54 Å². The van der Waals surface area contributed by atoms with Crippen molar-refractivity contribution in [1.29, 1.82) is 0 Å². The minimum atomic E-state index is -0.896. The summed E-state index contributed by atoms with van der Waals surface area (Å²) >= 11 is 0. The van der Waals surface area contributed by atoms with Gasteiger partial charge in [0.15, 0.2) is 0 Å². The van der Waals surface area contributed by atoms with E-state index in [0.717, 1.165) is 5.56 Å². The van der Waals surface area contributed by atoms with Gasteiger partial charge in [-0.1, -0.05) is 56.3 Å². The SMILES string of the molecule is CC(C)(CNC(=O)[C@@H]1CC[C@H](C(=O)O)N1)c1ccc2ccccc2c1. The van der Waals surface area contributed by atoms with Crippen LogP contribution in [0.1, 0.15) is 32.3 Å². The van der Waals surface area contributed by atoms with Gasteiger partial charge >= 0.3 is 5.97 Å². The van der Waals surface area contributed by atoms with Crippen molar-refractivity contribution in [1.82, 2.24) is 10.6 Å². The number of carboxylic acid groups (broad SMARTS) is 1. The van der Waals surface area contributed by atoms with E-state index >= 15 is 0 Å². The zero-order chi connectivity index (χ0) is 18.0. The van der Waals surface area contributed by atoms with Crippen LogP contribution >= 0.6 is 0 Å². The highest BCUT2D eigenvalue weighted by molar-refractivity contribution is 5.85. The molecule has 0 bridgehead atoms. The Hall–Kier alpha value is -2.40. The zero-order valence-corrected chi connectivity index (χ0v) is 14.6. The molecule has 2 atom stereocenters. The smallest absolute Gasteiger partial charge is 0.320 e. The quantitative estimate of drug-likeness (QED) is 0.781. The Morgan fingerprint density at radius 1 is 1.12 bits per heavy atom. The monoisotopic (exact) mass is 340 g/mol. The van der Waals surface area contributed by atoms with Crippen molar-refractivity contribution in [3.05, 3.63) is 48.0 Å². The molecule has 2 aromatic rings. The highest BCUT2D eigenvalue weighted by atomic mass is 16.4. The highest BCUT2D eigenvalue weighted by Gasteiger charge is 2.33. The first-order valence-electron chi connectivity index (χ1n) is 8.63. The molecule has 1 aliphatic rings. The number of benzene rings is 2. The van der Waals surface area contributed by atoms with E-state index in [0.29, 0.717) is 19.4 Å². The fraction of sp³-hybridized carbons (Fsp3) is 0.400. The summed E-state index contributed by atoms with van der Waals surface area (Å²) in [5.41, 5.74) is 0.944. The number of fused-ring (bicyclic) bond motifs is 1. The van der Waals surface area contributed by atoms with Crippen LogP contribution in [-0.4, -0.2) is 35.6 Å². The molecule has 3 rings (SSSR count). The topological polar surface area (TPSA) is 78.4 Å². The van der Waals surface area contributed by atoms with Crippen LogP contribution in [-0.2, 0) is 15.0 Å². The number of carbonyl (C=O) groups is 2. The first-order valence-corrected chi connectivity index (χ1v) is 8.63. The van der Waals surface area contributed by atoms with Gasteiger partial charge < -0.3 is 10.4 Å². The molecule has 0 unspecified atom stereocenters. The molecule has 25 heavy (non-hydrogen) atoms. The summed E-state index contributed by atoms with van der Waals surface area (Å²) in [4.78, 5) is 23.3. The van der Waals surface area contributed by atoms with Gasteiger partial charge in [0.2, 0.25) is 5.91 Å². The third-order valence-corrected chi connectivity index (χ3v) is 5.00. The average Bonchev–Trinajstić information content (AvgIpc) is 3.10. The van der Waals surface area contributed by atoms with Crippen molar-refractivity contribution in [3.8, 4) is 0 Å². The molecule has 5 nitrogen and oxygen atoms in total. The van der Waals surface area contributed by atoms with Crippen LogP contribution in [0.4, 0.5) is 0 Å². The number of hydrogen-bond donors (Lipinski definition) is 3. The molecule has 1 fully saturated rings. The van der Waals surface area contributed by atoms with E-state index in [1.165, 1.54) is 10.8 Å². The zero-order valence-electron chi connectivity index (χ0n) is 14.6. The second-order valence-electron chi connectivity index (χ2n) is 7.35. The van der Waals surface area contributed by atoms with Crippen LogP contribution in [0.15, 0.2) is 42.5 Å². The molecule has 1 aliphatic heterocycles. The molecule has 2 aromatic carbocycles. The number of carbonyl (C=O) groups excluding carboxylic acids is 1. The van der Waals surface area contributed by atoms with E-state index < -0.39 is 18.1 Å². The predicted octanol–water partition coefficient (Wildman–Crippen LogP) is 2.44. The Bertz CT molecular complexity index is 800. The summed E-state index contributed by atoms with van der Waals surface area (Å²) in [6, 6.07) is 13.5. The van der Waals surface area contributed by atoms with Gasteiger partial charge in [-0.15, -0.1) is 0 Å². The molecule has 0 spiro atoms. The summed E-state index contributed by atoms with van der Waals surface area (Å²) in [5, 5.41) is 17.2. The van der Waals surface area contributed by atoms with Crippen LogP contribution in [0, 0.1) is 0 Å². The number of rotatable bonds is 5. The molecule has 5 heteroatoms. The lowest BCUT2D eigenvalue weighted by Gasteiger charge is -2.27. The fourth-order valence-corrected chi connectivity index (χ4v) is 3.29. The summed E-state index contributed by atoms with van der Waals surface area (Å²) in [7, 11) is 0. The predicted molar refractivity (Wildman–Crippen MR) is 97.6 cm³/mol. The van der Waals surface area contributed by atoms with Crippen molar-refractivity contribution in [2.45, 2.75) is 44.2 Å². The lowest BCUT2D eigenvalue weighted by molar-refractivity contribution is -0.139. The summed E-state index contributed by atoms with van der Waals surface area (Å²) < 4.78 is 0. The number of amides is 1. The van der Waals surface area contributed by atoms with Crippen LogP contribution in [0.5, 0.6) is 0 Å². The maximum atomic E-state index is 12.3. The first-order chi connectivity index (χ1) is 11.9. The third-order valence-electron chi connectivity index (χ3n) is 5.00. The minimum Gasteiger partial charge on any atom is -0.480 e. The summed E-state index contributed by atoms with van der Waals surface area (Å²) in [6.45, 7) is 4.69. The van der Waals surface area contributed by atoms with Gasteiger partial charge in [0.25, 0.3) is 0 Å². The Morgan fingerprint density at radius 2 is 1.80 bits per heavy atom. The minimum absolute atomic E-state index is 0.127. The van der Waals surface area contributed by atoms with E-state index in [1.807, 2.05) is 12.1 Å². The Morgan fingerprint density at radius 3 is 2.48 bits per heavy atom. The van der Waals surface area contributed by atoms with E-state index in [1.54, 1.807) is 0 Å². The van der Waals surface area contributed by atoms with E-state index in [9.17, 15) is 9.59 Å². The molecule has 3 N–H and O–H groups in total. The Labute approximate surface area is 147 Å². The van der Waals surface area contributed by atoms with Gasteiger partial charge in [-0.05, 0) is 29.2 Å². The average molecular weight is 340 g/mol. The van der Waals surface area contributed by atoms with Crippen LogP contribution in [0.25, 0.3) is 10.8 Å². The van der Waals surface area contributed by atoms with Crippen molar-refractivity contribution in [2.24, 2.45) is 0 Å². The van der Waals surface area contributed by atoms with Crippen molar-refractivity contribution >= 4 is 22.6 Å². The number of carboxylic acids is 1. The second-order valence-corrected chi connectivity index (χ2v) is 7.35. The molecule has 1 heterocycles. The second kappa shape index (κ2) is 6.84. The normalized spacial score (nSPS) is 20.6. The first kappa shape index (κ1) is 17.4. The van der Waals surface area contributed by atoms with Gasteiger partial charge in [0.05, 0.1) is 6.04 Å². The molecule has 0 aromatic heterocycles. The molecular formula is C20H24N2O3. The molecule has 132 valence electrons. The van der Waals surface area contributed by atoms with Crippen LogP contribution < -0.4 is 10.6 Å². The third kappa shape index (κ3) is 3.82. The van der Waals surface area contributed by atoms with Crippen molar-refractivity contribution < 1.29 is 14.7 Å². The number of hydrogen-bond acceptors (Lipinski definition) is 3. The Balaban J connectivity index is 1.64. The Kier molecular flexibility index (Phi) is 4.77. The molecular weight excluding hydrogens is 316 g/mol. The molecule has 0 radical (unpaired) electrons. The molecule has 1 amide bonds. The maximum Gasteiger partial charge on any atom is 0.320 e. The fourth-order valence-electron chi connectivity index (χ4n) is 3.29. The standard InChI is InChI=1S/C20H24N2O3/c1-20(2,15-8-7-13-5-3-4-6-14(13)11-15)12-21-18(23)16-9-10-17(22-16)19(24)25/h3-8,11,16-17,22H,9-10,12H2,1-2H3,(H,21,23)(H,24,25)/t16-,17+/m0/s1. The summed E-state index contributed by atoms with van der Waals surface area (Å²) in [5.74, 6) is -1.02. The van der Waals surface area contributed by atoms with E-state index in [-0.39, 0.29) is 11.3 Å².